The number of rotatable bonds is 16. The number of pyridine rings is 1. The van der Waals surface area contributed by atoms with Crippen molar-refractivity contribution in [1.82, 2.24) is 24.7 Å². The van der Waals surface area contributed by atoms with E-state index in [1.807, 2.05) is 12.1 Å². The molecule has 286 valence electrons. The minimum Gasteiger partial charge on any atom is -0.495 e. The fourth-order valence-electron chi connectivity index (χ4n) is 6.64. The zero-order valence-electron chi connectivity index (χ0n) is 31.8. The first-order valence-electron chi connectivity index (χ1n) is 18.0. The molecule has 2 N–H and O–H groups in total. The van der Waals surface area contributed by atoms with E-state index in [1.165, 1.54) is 30.8 Å². The van der Waals surface area contributed by atoms with Gasteiger partial charge < -0.3 is 24.0 Å². The number of esters is 1. The highest BCUT2D eigenvalue weighted by Crippen LogP contribution is 2.37. The van der Waals surface area contributed by atoms with Gasteiger partial charge in [-0.1, -0.05) is 94.8 Å². The normalized spacial score (nSPS) is 12.3. The van der Waals surface area contributed by atoms with Crippen molar-refractivity contribution in [2.45, 2.75) is 71.5 Å². The molecule has 2 aromatic carbocycles. The van der Waals surface area contributed by atoms with Gasteiger partial charge in [0, 0.05) is 18.8 Å². The zero-order chi connectivity index (χ0) is 38.9. The molecule has 0 aliphatic carbocycles. The smallest absolute Gasteiger partial charge is 0.413 e. The van der Waals surface area contributed by atoms with Crippen LogP contribution in [0.4, 0.5) is 16.6 Å². The standard InChI is InChI=1S/C39H48IN7O6Si/c1-8-16-27(21-22-53-54(39(3,4)5,28-17-12-10-13-18-28)29-19-14-11-15-20-29)42-35-33-32(43-37(44-35)45-38(49)51-7)34(40)46-47(33)25-30-31(50-6)23-26(24-41-30)36(48)52-9-2/h10-15,17-20,23-24,27H,8-9,16,21-22,25H2,1-7H3,(H2,42,43,44,45,49)/t27-/m0/s1. The minimum atomic E-state index is -2.76. The number of halogens is 1. The van der Waals surface area contributed by atoms with Crippen molar-refractivity contribution in [3.63, 3.8) is 0 Å². The summed E-state index contributed by atoms with van der Waals surface area (Å²) in [5, 5.41) is 13.4. The summed E-state index contributed by atoms with van der Waals surface area (Å²) in [6.07, 6.45) is 3.18. The summed E-state index contributed by atoms with van der Waals surface area (Å²) < 4.78 is 25.2. The molecule has 3 heterocycles. The van der Waals surface area contributed by atoms with Crippen LogP contribution in [0.5, 0.6) is 5.75 Å². The number of hydrogen-bond donors (Lipinski definition) is 2. The van der Waals surface area contributed by atoms with Gasteiger partial charge in [-0.15, -0.1) is 0 Å². The maximum Gasteiger partial charge on any atom is 0.413 e. The zero-order valence-corrected chi connectivity index (χ0v) is 35.0. The Hall–Kier alpha value is -4.61. The molecule has 5 rings (SSSR count). The Labute approximate surface area is 330 Å². The van der Waals surface area contributed by atoms with E-state index in [1.54, 1.807) is 17.7 Å². The number of aromatic nitrogens is 5. The van der Waals surface area contributed by atoms with Gasteiger partial charge in [-0.05, 0) is 63.8 Å². The number of nitrogens with zero attached hydrogens (tertiary/aromatic N) is 5. The number of nitrogens with one attached hydrogen (secondary N) is 2. The third-order valence-corrected chi connectivity index (χ3v) is 14.9. The Bertz CT molecular complexity index is 2000. The summed E-state index contributed by atoms with van der Waals surface area (Å²) in [4.78, 5) is 38.7. The summed E-state index contributed by atoms with van der Waals surface area (Å²) in [6.45, 7) is 11.6. The summed E-state index contributed by atoms with van der Waals surface area (Å²) in [7, 11) is 0.0444. The molecular weight excluding hydrogens is 817 g/mol. The maximum atomic E-state index is 12.4. The molecule has 0 saturated heterocycles. The van der Waals surface area contributed by atoms with Gasteiger partial charge in [0.25, 0.3) is 8.32 Å². The molecule has 1 amide bonds. The minimum absolute atomic E-state index is 0.0603. The van der Waals surface area contributed by atoms with E-state index in [0.717, 1.165) is 12.8 Å². The topological polar surface area (TPSA) is 152 Å². The monoisotopic (exact) mass is 865 g/mol. The molecule has 0 aliphatic heterocycles. The summed E-state index contributed by atoms with van der Waals surface area (Å²) in [5.41, 5.74) is 1.96. The molecular formula is C39H48IN7O6Si. The van der Waals surface area contributed by atoms with Crippen LogP contribution in [-0.2, 0) is 20.4 Å². The second-order valence-electron chi connectivity index (χ2n) is 13.7. The number of methoxy groups -OCH3 is 2. The van der Waals surface area contributed by atoms with Gasteiger partial charge in [0.2, 0.25) is 5.95 Å². The predicted molar refractivity (Wildman–Crippen MR) is 220 cm³/mol. The van der Waals surface area contributed by atoms with Crippen molar-refractivity contribution in [2.24, 2.45) is 0 Å². The Balaban J connectivity index is 1.51. The third kappa shape index (κ3) is 9.01. The quantitative estimate of drug-likeness (QED) is 0.0614. The van der Waals surface area contributed by atoms with Crippen molar-refractivity contribution in [3.05, 3.63) is 87.9 Å². The molecule has 0 radical (unpaired) electrons. The van der Waals surface area contributed by atoms with Crippen molar-refractivity contribution in [3.8, 4) is 5.75 Å². The van der Waals surface area contributed by atoms with Crippen LogP contribution >= 0.6 is 22.6 Å². The van der Waals surface area contributed by atoms with Crippen LogP contribution in [0.15, 0.2) is 72.9 Å². The highest BCUT2D eigenvalue weighted by atomic mass is 127. The van der Waals surface area contributed by atoms with Crippen LogP contribution in [0.1, 0.15) is 69.9 Å². The Kier molecular flexibility index (Phi) is 13.6. The van der Waals surface area contributed by atoms with E-state index < -0.39 is 20.4 Å². The van der Waals surface area contributed by atoms with E-state index in [0.29, 0.717) is 45.0 Å². The van der Waals surface area contributed by atoms with Gasteiger partial charge in [-0.3, -0.25) is 15.0 Å². The number of carbonyl (C=O) groups excluding carboxylic acids is 2. The van der Waals surface area contributed by atoms with E-state index in [9.17, 15) is 9.59 Å². The maximum absolute atomic E-state index is 12.4. The fourth-order valence-corrected chi connectivity index (χ4v) is 11.9. The van der Waals surface area contributed by atoms with E-state index in [4.69, 9.17) is 28.7 Å². The molecule has 0 aliphatic rings. The first-order chi connectivity index (χ1) is 25.9. The Morgan fingerprint density at radius 2 is 1.63 bits per heavy atom. The molecule has 13 nitrogen and oxygen atoms in total. The molecule has 54 heavy (non-hydrogen) atoms. The summed E-state index contributed by atoms with van der Waals surface area (Å²) in [6, 6.07) is 22.7. The molecule has 5 aromatic rings. The van der Waals surface area contributed by atoms with E-state index in [-0.39, 0.29) is 35.7 Å². The molecule has 0 fully saturated rings. The Morgan fingerprint density at radius 1 is 0.963 bits per heavy atom. The number of hydrogen-bond acceptors (Lipinski definition) is 11. The third-order valence-electron chi connectivity index (χ3n) is 9.09. The molecule has 15 heteroatoms. The van der Waals surface area contributed by atoms with E-state index in [2.05, 4.69) is 119 Å². The van der Waals surface area contributed by atoms with Gasteiger partial charge in [-0.2, -0.15) is 10.1 Å². The lowest BCUT2D eigenvalue weighted by Gasteiger charge is -2.43. The highest BCUT2D eigenvalue weighted by molar-refractivity contribution is 14.1. The van der Waals surface area contributed by atoms with Gasteiger partial charge in [-0.25, -0.2) is 14.6 Å². The number of anilines is 2. The van der Waals surface area contributed by atoms with Crippen LogP contribution in [0.25, 0.3) is 11.0 Å². The predicted octanol–water partition coefficient (Wildman–Crippen LogP) is 6.79. The van der Waals surface area contributed by atoms with Crippen LogP contribution in [0.2, 0.25) is 5.04 Å². The summed E-state index contributed by atoms with van der Waals surface area (Å²) >= 11 is 2.12. The first kappa shape index (κ1) is 40.6. The molecule has 3 aromatic heterocycles. The van der Waals surface area contributed by atoms with Crippen molar-refractivity contribution >= 4 is 76.1 Å². The fraction of sp³-hybridized carbons (Fsp3) is 0.385. The lowest BCUT2D eigenvalue weighted by atomic mass is 10.1. The lowest BCUT2D eigenvalue weighted by Crippen LogP contribution is -2.66. The van der Waals surface area contributed by atoms with Crippen LogP contribution in [0, 0.1) is 3.70 Å². The Morgan fingerprint density at radius 3 is 2.20 bits per heavy atom. The molecule has 0 unspecified atom stereocenters. The molecule has 1 atom stereocenters. The molecule has 0 spiro atoms. The largest absolute Gasteiger partial charge is 0.495 e. The van der Waals surface area contributed by atoms with Crippen LogP contribution in [-0.4, -0.2) is 78.6 Å². The molecule has 0 bridgehead atoms. The number of fused-ring (bicyclic) bond motifs is 1. The molecule has 0 saturated carbocycles. The average molecular weight is 866 g/mol. The summed E-state index contributed by atoms with van der Waals surface area (Å²) in [5.74, 6) is 0.471. The number of ether oxygens (including phenoxy) is 3. The number of benzene rings is 2. The SMILES string of the molecule is CCC[C@@H](CCO[Si](c1ccccc1)(c1ccccc1)C(C)(C)C)Nc1nc(NC(=O)OC)nc2c(I)nn(Cc3ncc(C(=O)OCC)cc3OC)c12. The van der Waals surface area contributed by atoms with Crippen molar-refractivity contribution in [1.29, 1.82) is 0 Å². The average Bonchev–Trinajstić information content (AvgIpc) is 3.47. The first-order valence-corrected chi connectivity index (χ1v) is 20.9. The number of carbonyl (C=O) groups is 2. The lowest BCUT2D eigenvalue weighted by molar-refractivity contribution is 0.0525. The second-order valence-corrected chi connectivity index (χ2v) is 19.0. The van der Waals surface area contributed by atoms with Crippen LogP contribution < -0.4 is 25.7 Å². The van der Waals surface area contributed by atoms with Crippen molar-refractivity contribution < 1.29 is 28.2 Å². The van der Waals surface area contributed by atoms with Gasteiger partial charge in [0.05, 0.1) is 32.9 Å². The van der Waals surface area contributed by atoms with Crippen molar-refractivity contribution in [2.75, 3.05) is 38.1 Å². The number of amides is 1. The van der Waals surface area contributed by atoms with Gasteiger partial charge in [0.15, 0.2) is 5.82 Å². The highest BCUT2D eigenvalue weighted by Gasteiger charge is 2.50. The van der Waals surface area contributed by atoms with Gasteiger partial charge in [0.1, 0.15) is 26.2 Å². The van der Waals surface area contributed by atoms with Crippen LogP contribution in [0.3, 0.4) is 0 Å². The second kappa shape index (κ2) is 18.1. The van der Waals surface area contributed by atoms with E-state index >= 15 is 0 Å². The van der Waals surface area contributed by atoms with Gasteiger partial charge >= 0.3 is 12.1 Å².